The summed E-state index contributed by atoms with van der Waals surface area (Å²) in [6.07, 6.45) is 8.09. The Kier molecular flexibility index (Phi) is 9.12. The predicted octanol–water partition coefficient (Wildman–Crippen LogP) is 2.86. The topological polar surface area (TPSA) is 72.9 Å². The highest BCUT2D eigenvalue weighted by Gasteiger charge is 2.10. The molecular weight excluding hydrogens is 324 g/mol. The standard InChI is InChI=1S/C18H26N4O.ClH/c1-2-3-7-16(12-19)21-18(23)11-10-15-13-20-22(14-15)17-8-5-4-6-9-17;/h4-6,8-9,13-14,16H,2-3,7,10-12,19H2,1H3,(H,21,23);1H. The number of halogens is 1. The molecule has 132 valence electrons. The molecule has 1 atom stereocenters. The lowest BCUT2D eigenvalue weighted by molar-refractivity contribution is -0.121. The number of carbonyl (C=O) groups excluding carboxylic acids is 1. The van der Waals surface area contributed by atoms with Crippen LogP contribution in [0.1, 0.15) is 38.2 Å². The number of aromatic nitrogens is 2. The number of nitrogens with zero attached hydrogens (tertiary/aromatic N) is 2. The first-order chi connectivity index (χ1) is 11.2. The Bertz CT molecular complexity index is 600. The molecule has 0 aliphatic carbocycles. The van der Waals surface area contributed by atoms with Gasteiger partial charge in [0.2, 0.25) is 5.91 Å². The molecule has 24 heavy (non-hydrogen) atoms. The fourth-order valence-electron chi connectivity index (χ4n) is 2.47. The Morgan fingerprint density at radius 3 is 2.75 bits per heavy atom. The third kappa shape index (κ3) is 6.34. The number of para-hydroxylation sites is 1. The van der Waals surface area contributed by atoms with E-state index in [1.165, 1.54) is 0 Å². The van der Waals surface area contributed by atoms with E-state index in [-0.39, 0.29) is 24.4 Å². The van der Waals surface area contributed by atoms with Crippen LogP contribution in [0.4, 0.5) is 0 Å². The number of benzene rings is 1. The number of hydrogen-bond donors (Lipinski definition) is 2. The van der Waals surface area contributed by atoms with E-state index in [1.807, 2.05) is 47.4 Å². The quantitative estimate of drug-likeness (QED) is 0.730. The SMILES string of the molecule is CCCCC(CN)NC(=O)CCc1cnn(-c2ccccc2)c1.Cl. The highest BCUT2D eigenvalue weighted by atomic mass is 35.5. The van der Waals surface area contributed by atoms with Crippen LogP contribution in [-0.2, 0) is 11.2 Å². The molecule has 1 aromatic carbocycles. The Labute approximate surface area is 150 Å². The molecule has 5 nitrogen and oxygen atoms in total. The highest BCUT2D eigenvalue weighted by Crippen LogP contribution is 2.09. The second-order valence-electron chi connectivity index (χ2n) is 5.77. The minimum atomic E-state index is 0. The first-order valence-electron chi connectivity index (χ1n) is 8.31. The van der Waals surface area contributed by atoms with Gasteiger partial charge in [-0.15, -0.1) is 12.4 Å². The van der Waals surface area contributed by atoms with E-state index in [0.717, 1.165) is 30.5 Å². The van der Waals surface area contributed by atoms with Crippen LogP contribution in [0.15, 0.2) is 42.7 Å². The summed E-state index contributed by atoms with van der Waals surface area (Å²) >= 11 is 0. The van der Waals surface area contributed by atoms with Crippen LogP contribution in [0.5, 0.6) is 0 Å². The number of amides is 1. The normalized spacial score (nSPS) is 11.6. The summed E-state index contributed by atoms with van der Waals surface area (Å²) in [7, 11) is 0. The number of aryl methyl sites for hydroxylation is 1. The molecule has 1 aromatic heterocycles. The van der Waals surface area contributed by atoms with Gasteiger partial charge in [-0.3, -0.25) is 4.79 Å². The minimum absolute atomic E-state index is 0. The van der Waals surface area contributed by atoms with Crippen molar-refractivity contribution >= 4 is 18.3 Å². The van der Waals surface area contributed by atoms with Crippen LogP contribution in [0.2, 0.25) is 0 Å². The number of nitrogens with two attached hydrogens (primary N) is 1. The molecule has 0 bridgehead atoms. The fourth-order valence-corrected chi connectivity index (χ4v) is 2.47. The van der Waals surface area contributed by atoms with Crippen LogP contribution in [0.25, 0.3) is 5.69 Å². The maximum Gasteiger partial charge on any atom is 0.220 e. The van der Waals surface area contributed by atoms with Gasteiger partial charge < -0.3 is 11.1 Å². The highest BCUT2D eigenvalue weighted by molar-refractivity contribution is 5.85. The average Bonchev–Trinajstić information content (AvgIpc) is 3.06. The zero-order valence-electron chi connectivity index (χ0n) is 14.1. The third-order valence-electron chi connectivity index (χ3n) is 3.85. The van der Waals surface area contributed by atoms with Gasteiger partial charge in [0.25, 0.3) is 0 Å². The van der Waals surface area contributed by atoms with E-state index >= 15 is 0 Å². The van der Waals surface area contributed by atoms with Gasteiger partial charge in [0.1, 0.15) is 0 Å². The Hall–Kier alpha value is -1.85. The van der Waals surface area contributed by atoms with E-state index in [4.69, 9.17) is 5.73 Å². The van der Waals surface area contributed by atoms with E-state index < -0.39 is 0 Å². The molecule has 0 aliphatic heterocycles. The van der Waals surface area contributed by atoms with Gasteiger partial charge in [-0.25, -0.2) is 4.68 Å². The lowest BCUT2D eigenvalue weighted by atomic mass is 10.1. The van der Waals surface area contributed by atoms with Crippen LogP contribution in [-0.4, -0.2) is 28.3 Å². The van der Waals surface area contributed by atoms with E-state index in [1.54, 1.807) is 0 Å². The fraction of sp³-hybridized carbons (Fsp3) is 0.444. The largest absolute Gasteiger partial charge is 0.352 e. The summed E-state index contributed by atoms with van der Waals surface area (Å²) in [5.41, 5.74) is 7.79. The van der Waals surface area contributed by atoms with Crippen LogP contribution in [0.3, 0.4) is 0 Å². The molecule has 2 aromatic rings. The Morgan fingerprint density at radius 2 is 2.08 bits per heavy atom. The van der Waals surface area contributed by atoms with Crippen molar-refractivity contribution in [3.63, 3.8) is 0 Å². The predicted molar refractivity (Wildman–Crippen MR) is 99.6 cm³/mol. The van der Waals surface area contributed by atoms with E-state index in [2.05, 4.69) is 17.3 Å². The molecule has 3 N–H and O–H groups in total. The van der Waals surface area contributed by atoms with Gasteiger partial charge in [-0.2, -0.15) is 5.10 Å². The van der Waals surface area contributed by atoms with Gasteiger partial charge in [0, 0.05) is 25.2 Å². The molecule has 1 unspecified atom stereocenters. The molecule has 0 spiro atoms. The second-order valence-corrected chi connectivity index (χ2v) is 5.77. The van der Waals surface area contributed by atoms with Gasteiger partial charge in [0.15, 0.2) is 0 Å². The summed E-state index contributed by atoms with van der Waals surface area (Å²) in [6.45, 7) is 2.64. The van der Waals surface area contributed by atoms with Crippen molar-refractivity contribution in [2.75, 3.05) is 6.54 Å². The number of hydrogen-bond acceptors (Lipinski definition) is 3. The smallest absolute Gasteiger partial charge is 0.220 e. The van der Waals surface area contributed by atoms with Crippen molar-refractivity contribution in [1.82, 2.24) is 15.1 Å². The molecule has 1 amide bonds. The maximum absolute atomic E-state index is 12.0. The molecule has 2 rings (SSSR count). The number of unbranched alkanes of at least 4 members (excludes halogenated alkanes) is 1. The molecular formula is C18H27ClN4O. The Balaban J connectivity index is 0.00000288. The maximum atomic E-state index is 12.0. The van der Waals surface area contributed by atoms with Crippen molar-refractivity contribution in [2.45, 2.75) is 45.1 Å². The van der Waals surface area contributed by atoms with Crippen LogP contribution < -0.4 is 11.1 Å². The molecule has 0 aliphatic rings. The van der Waals surface area contributed by atoms with Crippen molar-refractivity contribution in [3.8, 4) is 5.69 Å². The van der Waals surface area contributed by atoms with Gasteiger partial charge in [-0.1, -0.05) is 38.0 Å². The van der Waals surface area contributed by atoms with Crippen molar-refractivity contribution in [1.29, 1.82) is 0 Å². The van der Waals surface area contributed by atoms with Crippen molar-refractivity contribution in [3.05, 3.63) is 48.3 Å². The second kappa shape index (κ2) is 10.8. The molecule has 0 saturated heterocycles. The number of rotatable bonds is 9. The molecule has 6 heteroatoms. The zero-order valence-corrected chi connectivity index (χ0v) is 15.0. The lowest BCUT2D eigenvalue weighted by Gasteiger charge is -2.16. The summed E-state index contributed by atoms with van der Waals surface area (Å²) in [5, 5.41) is 7.37. The van der Waals surface area contributed by atoms with Crippen molar-refractivity contribution < 1.29 is 4.79 Å². The summed E-state index contributed by atoms with van der Waals surface area (Å²) in [6, 6.07) is 10.0. The first-order valence-corrected chi connectivity index (χ1v) is 8.31. The first kappa shape index (κ1) is 20.2. The Morgan fingerprint density at radius 1 is 1.33 bits per heavy atom. The summed E-state index contributed by atoms with van der Waals surface area (Å²) in [5.74, 6) is 0.0593. The van der Waals surface area contributed by atoms with E-state index in [9.17, 15) is 4.79 Å². The lowest BCUT2D eigenvalue weighted by Crippen LogP contribution is -2.40. The van der Waals surface area contributed by atoms with Gasteiger partial charge in [-0.05, 0) is 30.5 Å². The molecule has 0 fully saturated rings. The molecule has 1 heterocycles. The molecule has 0 saturated carbocycles. The van der Waals surface area contributed by atoms with Crippen LogP contribution in [0, 0.1) is 0 Å². The number of carbonyl (C=O) groups is 1. The summed E-state index contributed by atoms with van der Waals surface area (Å²) < 4.78 is 1.83. The average molecular weight is 351 g/mol. The monoisotopic (exact) mass is 350 g/mol. The van der Waals surface area contributed by atoms with Gasteiger partial charge in [0.05, 0.1) is 11.9 Å². The summed E-state index contributed by atoms with van der Waals surface area (Å²) in [4.78, 5) is 12.0. The van der Waals surface area contributed by atoms with E-state index in [0.29, 0.717) is 19.4 Å². The molecule has 0 radical (unpaired) electrons. The zero-order chi connectivity index (χ0) is 16.5. The van der Waals surface area contributed by atoms with Gasteiger partial charge >= 0.3 is 0 Å². The van der Waals surface area contributed by atoms with Crippen molar-refractivity contribution in [2.24, 2.45) is 5.73 Å². The minimum Gasteiger partial charge on any atom is -0.352 e. The third-order valence-corrected chi connectivity index (χ3v) is 3.85. The number of nitrogens with one attached hydrogen (secondary N) is 1. The van der Waals surface area contributed by atoms with Crippen LogP contribution >= 0.6 is 12.4 Å².